The molecule has 18 N–H and O–H groups in total. The second kappa shape index (κ2) is 42.5. The number of unbranched alkanes of at least 4 members (excludes halogenated alkanes) is 1. The molecule has 30 heteroatoms. The number of benzene rings is 6. The van der Waals surface area contributed by atoms with Crippen molar-refractivity contribution in [2.75, 3.05) is 31.7 Å². The molecule has 0 bridgehead atoms. The number of aliphatic carboxylic acids is 1. The van der Waals surface area contributed by atoms with Crippen LogP contribution in [0.4, 0.5) is 0 Å². The molecule has 6 aromatic rings. The number of likely N-dealkylation sites (N-methyl/N-ethyl adjacent to an activating group) is 1. The molecule has 13 unspecified atom stereocenters. The Balaban J connectivity index is 1.34. The molecule has 28 nitrogen and oxygen atoms in total. The number of aliphatic hydroxyl groups is 3. The van der Waals surface area contributed by atoms with E-state index in [1.807, 2.05) is 62.4 Å². The van der Waals surface area contributed by atoms with Gasteiger partial charge in [-0.15, -0.1) is 0 Å². The molecule has 7 rings (SSSR count). The van der Waals surface area contributed by atoms with Gasteiger partial charge in [0.2, 0.25) is 59.1 Å². The zero-order valence-electron chi connectivity index (χ0n) is 60.5. The Morgan fingerprint density at radius 3 is 1.38 bits per heavy atom. The van der Waals surface area contributed by atoms with Crippen LogP contribution in [0.5, 0.6) is 0 Å². The summed E-state index contributed by atoms with van der Waals surface area (Å²) in [5.41, 5.74) is 15.9. The third-order valence-corrected chi connectivity index (χ3v) is 20.4. The minimum absolute atomic E-state index is 0.0312. The second-order valence-corrected chi connectivity index (χ2v) is 29.4. The predicted molar refractivity (Wildman–Crippen MR) is 408 cm³/mol. The molecule has 10 amide bonds. The normalized spacial score (nSPS) is 23.6. The summed E-state index contributed by atoms with van der Waals surface area (Å²) < 4.78 is 0. The Hall–Kier alpha value is -9.79. The van der Waals surface area contributed by atoms with Crippen LogP contribution in [0.1, 0.15) is 80.3 Å². The number of carbonyl (C=O) groups excluding carboxylic acids is 10. The molecule has 0 aromatic heterocycles. The summed E-state index contributed by atoms with van der Waals surface area (Å²) in [6, 6.07) is 28.4. The number of nitrogens with one attached hydrogen (secondary N) is 10. The van der Waals surface area contributed by atoms with Crippen LogP contribution in [-0.2, 0) is 91.4 Å². The number of carboxylic acid groups (broad SMARTS) is 1. The molecule has 1 saturated heterocycles. The maximum Gasteiger partial charge on any atom is 0.327 e. The Kier molecular flexibility index (Phi) is 33.6. The SMILES string of the molecule is CC(C)NCc1ccc(CC2C(=O)NC(C(C)O)C(=O)NC(Cc3ccccc3)C(=O)NC(C(C)O)C(=O)NC(CO)C(=O)NC(C(=O)O)CSSCC(N)C(=O)NC(CCCCN)C(=O)NC(Cc3ccccc3)C(=O)NC(Cc3ccccc3)C(=O)NC(Cc3ccc4ccccc4c3)C(=O)N2C)cc1. The van der Waals surface area contributed by atoms with Crippen LogP contribution in [0.25, 0.3) is 10.8 Å². The fourth-order valence-corrected chi connectivity index (χ4v) is 14.0. The molecule has 107 heavy (non-hydrogen) atoms. The van der Waals surface area contributed by atoms with Crippen molar-refractivity contribution in [3.05, 3.63) is 191 Å². The lowest BCUT2D eigenvalue weighted by Crippen LogP contribution is -2.63. The van der Waals surface area contributed by atoms with E-state index in [9.17, 15) is 54.0 Å². The average Bonchev–Trinajstić information content (AvgIpc) is 0.817. The molecule has 0 spiro atoms. The van der Waals surface area contributed by atoms with Gasteiger partial charge in [-0.3, -0.25) is 47.9 Å². The van der Waals surface area contributed by atoms with Crippen LogP contribution in [-0.4, -0.2) is 207 Å². The van der Waals surface area contributed by atoms with Gasteiger partial charge in [-0.2, -0.15) is 0 Å². The molecule has 13 atom stereocenters. The highest BCUT2D eigenvalue weighted by Crippen LogP contribution is 2.24. The first-order chi connectivity index (χ1) is 51.2. The van der Waals surface area contributed by atoms with E-state index in [4.69, 9.17) is 11.5 Å². The standard InChI is InChI=1S/C77H99N13O15S2/c1-45(2)80-41-52-30-28-51(29-31-52)40-64-73(100)89-66(47(4)93)74(101)84-60(38-50-23-13-8-14-24-50)71(98)88-65(46(3)92)75(102)86-62(42-91)72(99)87-63(77(104)105)44-107-106-43-56(79)67(94)81-57(27-17-18-34-78)68(95)82-58(36-48-19-9-6-10-20-48)69(96)83-59(37-49-21-11-7-12-22-49)70(97)85-61(76(103)90(64)5)39-53-32-33-54-25-15-16-26-55(54)35-53/h6-16,19-26,28-33,35,45-47,56-66,80,91-93H,17-18,27,34,36-44,78-79H2,1-5H3,(H,81,94)(H,82,95)(H,83,96)(H,84,101)(H,85,97)(H,86,102)(H,87,99)(H,88,98)(H,89,100)(H,104,105). The first-order valence-corrected chi connectivity index (χ1v) is 38.0. The molecule has 1 fully saturated rings. The van der Waals surface area contributed by atoms with Crippen LogP contribution in [0.15, 0.2) is 158 Å². The van der Waals surface area contributed by atoms with E-state index in [2.05, 4.69) is 53.2 Å². The van der Waals surface area contributed by atoms with Gasteiger partial charge in [0.15, 0.2) is 0 Å². The third kappa shape index (κ3) is 26.6. The number of nitrogens with zero attached hydrogens (tertiary/aromatic N) is 1. The van der Waals surface area contributed by atoms with Gasteiger partial charge in [0.05, 0.1) is 24.9 Å². The summed E-state index contributed by atoms with van der Waals surface area (Å²) in [7, 11) is 3.18. The highest BCUT2D eigenvalue weighted by molar-refractivity contribution is 8.76. The zero-order valence-corrected chi connectivity index (χ0v) is 62.1. The van der Waals surface area contributed by atoms with Crippen LogP contribution in [0.2, 0.25) is 0 Å². The van der Waals surface area contributed by atoms with E-state index in [1.54, 1.807) is 109 Å². The summed E-state index contributed by atoms with van der Waals surface area (Å²) in [6.45, 7) is 5.95. The molecule has 1 aliphatic rings. The summed E-state index contributed by atoms with van der Waals surface area (Å²) >= 11 is 0. The van der Waals surface area contributed by atoms with E-state index in [0.29, 0.717) is 47.2 Å². The number of carbonyl (C=O) groups is 11. The maximum atomic E-state index is 15.9. The lowest BCUT2D eigenvalue weighted by atomic mass is 9.97. The van der Waals surface area contributed by atoms with E-state index >= 15 is 19.2 Å². The van der Waals surface area contributed by atoms with E-state index in [-0.39, 0.29) is 62.6 Å². The summed E-state index contributed by atoms with van der Waals surface area (Å²) in [6.07, 6.45) is -3.62. The number of hydrogen-bond acceptors (Lipinski definition) is 19. The molecule has 0 saturated carbocycles. The minimum Gasteiger partial charge on any atom is -0.480 e. The molecule has 1 heterocycles. The lowest BCUT2D eigenvalue weighted by Gasteiger charge is -2.33. The molecule has 0 radical (unpaired) electrons. The number of fused-ring (bicyclic) bond motifs is 1. The molecule has 6 aromatic carbocycles. The minimum atomic E-state index is -1.91. The van der Waals surface area contributed by atoms with Gasteiger partial charge in [0.25, 0.3) is 0 Å². The maximum absolute atomic E-state index is 15.9. The van der Waals surface area contributed by atoms with Crippen LogP contribution < -0.4 is 64.6 Å². The van der Waals surface area contributed by atoms with Gasteiger partial charge in [-0.1, -0.05) is 193 Å². The molecular weight excluding hydrogens is 1410 g/mol. The highest BCUT2D eigenvalue weighted by Gasteiger charge is 2.40. The van der Waals surface area contributed by atoms with Crippen LogP contribution in [0, 0.1) is 0 Å². The second-order valence-electron chi connectivity index (χ2n) is 26.8. The highest BCUT2D eigenvalue weighted by atomic mass is 33.1. The first kappa shape index (κ1) is 84.5. The van der Waals surface area contributed by atoms with Crippen molar-refractivity contribution in [2.24, 2.45) is 11.5 Å². The van der Waals surface area contributed by atoms with Crippen molar-refractivity contribution in [3.8, 4) is 0 Å². The van der Waals surface area contributed by atoms with Crippen molar-refractivity contribution in [1.29, 1.82) is 0 Å². The predicted octanol–water partition coefficient (Wildman–Crippen LogP) is 0.731. The number of amides is 10. The third-order valence-electron chi connectivity index (χ3n) is 17.9. The monoisotopic (exact) mass is 1510 g/mol. The van der Waals surface area contributed by atoms with Crippen LogP contribution in [0.3, 0.4) is 0 Å². The average molecular weight is 1510 g/mol. The molecule has 1 aliphatic heterocycles. The summed E-state index contributed by atoms with van der Waals surface area (Å²) in [5.74, 6) is -11.8. The molecule has 574 valence electrons. The van der Waals surface area contributed by atoms with E-state index in [1.165, 1.54) is 14.0 Å². The van der Waals surface area contributed by atoms with E-state index in [0.717, 1.165) is 49.7 Å². The summed E-state index contributed by atoms with van der Waals surface area (Å²) in [4.78, 5) is 162. The summed E-state index contributed by atoms with van der Waals surface area (Å²) in [5, 5.41) is 71.6. The zero-order chi connectivity index (χ0) is 77.7. The molecule has 0 aliphatic carbocycles. The van der Waals surface area contributed by atoms with Crippen molar-refractivity contribution in [3.63, 3.8) is 0 Å². The number of aliphatic hydroxyl groups excluding tert-OH is 3. The van der Waals surface area contributed by atoms with Crippen molar-refractivity contribution >= 4 is 97.4 Å². The van der Waals surface area contributed by atoms with Gasteiger partial charge in [0, 0.05) is 63.2 Å². The van der Waals surface area contributed by atoms with Crippen molar-refractivity contribution < 1.29 is 73.2 Å². The topological polar surface area (TPSA) is 444 Å². The number of hydrogen-bond donors (Lipinski definition) is 16. The molecular formula is C77H99N13O15S2. The first-order valence-electron chi connectivity index (χ1n) is 35.5. The van der Waals surface area contributed by atoms with Gasteiger partial charge >= 0.3 is 5.97 Å². The van der Waals surface area contributed by atoms with Crippen molar-refractivity contribution in [2.45, 2.75) is 170 Å². The Morgan fingerprint density at radius 2 is 0.879 bits per heavy atom. The van der Waals surface area contributed by atoms with Crippen molar-refractivity contribution in [1.82, 2.24) is 58.1 Å². The Labute approximate surface area is 630 Å². The fraction of sp³-hybridized carbons (Fsp3) is 0.416. The van der Waals surface area contributed by atoms with E-state index < -0.39 is 150 Å². The smallest absolute Gasteiger partial charge is 0.327 e. The van der Waals surface area contributed by atoms with Gasteiger partial charge in [0.1, 0.15) is 60.4 Å². The van der Waals surface area contributed by atoms with Crippen LogP contribution >= 0.6 is 21.6 Å². The lowest BCUT2D eigenvalue weighted by molar-refractivity contribution is -0.143. The van der Waals surface area contributed by atoms with Gasteiger partial charge in [-0.25, -0.2) is 4.79 Å². The number of nitrogens with two attached hydrogens (primary N) is 2. The fourth-order valence-electron chi connectivity index (χ4n) is 11.8. The number of carboxylic acids is 1. The largest absolute Gasteiger partial charge is 0.480 e. The quantitative estimate of drug-likeness (QED) is 0.0349. The van der Waals surface area contributed by atoms with Gasteiger partial charge < -0.3 is 90.0 Å². The Bertz CT molecular complexity index is 3960. The Morgan fingerprint density at radius 1 is 0.467 bits per heavy atom. The number of rotatable bonds is 21. The van der Waals surface area contributed by atoms with Gasteiger partial charge in [-0.05, 0) is 83.8 Å².